The number of benzene rings is 1. The van der Waals surface area contributed by atoms with Crippen LogP contribution in [0.15, 0.2) is 12.1 Å². The quantitative estimate of drug-likeness (QED) is 0.621. The van der Waals surface area contributed by atoms with Gasteiger partial charge in [-0.1, -0.05) is 15.9 Å². The second-order valence-electron chi connectivity index (χ2n) is 2.99. The Morgan fingerprint density at radius 1 is 1.60 bits per heavy atom. The lowest BCUT2D eigenvalue weighted by atomic mass is 10.2. The number of aromatic nitrogens is 2. The summed E-state index contributed by atoms with van der Waals surface area (Å²) in [6.45, 7) is 0. The van der Waals surface area contributed by atoms with Crippen molar-refractivity contribution >= 4 is 55.5 Å². The Morgan fingerprint density at radius 3 is 2.93 bits per heavy atom. The minimum atomic E-state index is -1.04. The second kappa shape index (κ2) is 4.09. The summed E-state index contributed by atoms with van der Waals surface area (Å²) >= 11 is 5.54. The van der Waals surface area contributed by atoms with Crippen LogP contribution in [0.4, 0.5) is 0 Å². The van der Waals surface area contributed by atoms with Gasteiger partial charge in [0.15, 0.2) is 0 Å². The molecule has 0 atom stereocenters. The first-order valence-corrected chi connectivity index (χ1v) is 6.29. The largest absolute Gasteiger partial charge is 0.475 e. The number of aromatic amines is 1. The number of nitrogens with zero attached hydrogens (tertiary/aromatic N) is 1. The number of fused-ring (bicyclic) bond motifs is 1. The summed E-state index contributed by atoms with van der Waals surface area (Å²) in [6, 6.07) is 3.85. The molecule has 1 aromatic heterocycles. The number of hydrogen-bond acceptors (Lipinski definition) is 2. The fourth-order valence-corrected chi connectivity index (χ4v) is 2.47. The summed E-state index contributed by atoms with van der Waals surface area (Å²) in [4.78, 5) is 17.6. The van der Waals surface area contributed by atoms with Crippen LogP contribution in [0.5, 0.6) is 0 Å². The molecule has 0 unspecified atom stereocenters. The van der Waals surface area contributed by atoms with Crippen molar-refractivity contribution in [1.82, 2.24) is 9.97 Å². The molecule has 1 heterocycles. The molecule has 2 rings (SSSR count). The van der Waals surface area contributed by atoms with Gasteiger partial charge in [-0.3, -0.25) is 0 Å². The van der Waals surface area contributed by atoms with Crippen LogP contribution >= 0.6 is 38.5 Å². The Labute approximate surface area is 107 Å². The van der Waals surface area contributed by atoms with Crippen LogP contribution in [0.2, 0.25) is 0 Å². The fraction of sp³-hybridized carbons (Fsp3) is 0.111. The van der Waals surface area contributed by atoms with Gasteiger partial charge in [0.2, 0.25) is 5.82 Å². The van der Waals surface area contributed by atoms with E-state index in [-0.39, 0.29) is 5.82 Å². The molecule has 0 saturated carbocycles. The molecule has 6 heteroatoms. The molecule has 4 nitrogen and oxygen atoms in total. The highest BCUT2D eigenvalue weighted by atomic mass is 127. The maximum absolute atomic E-state index is 10.7. The zero-order valence-corrected chi connectivity index (χ0v) is 11.2. The van der Waals surface area contributed by atoms with Gasteiger partial charge < -0.3 is 10.1 Å². The van der Waals surface area contributed by atoms with E-state index in [9.17, 15) is 4.79 Å². The third-order valence-corrected chi connectivity index (χ3v) is 3.20. The first-order valence-electron chi connectivity index (χ1n) is 4.09. The zero-order valence-electron chi connectivity index (χ0n) is 7.42. The highest BCUT2D eigenvalue weighted by Crippen LogP contribution is 2.22. The van der Waals surface area contributed by atoms with Crippen molar-refractivity contribution in [3.05, 3.63) is 27.1 Å². The maximum Gasteiger partial charge on any atom is 0.371 e. The normalized spacial score (nSPS) is 10.8. The molecule has 0 amide bonds. The van der Waals surface area contributed by atoms with Crippen molar-refractivity contribution in [2.75, 3.05) is 0 Å². The van der Waals surface area contributed by atoms with Gasteiger partial charge in [0, 0.05) is 8.90 Å². The minimum Gasteiger partial charge on any atom is -0.475 e. The van der Waals surface area contributed by atoms with Crippen molar-refractivity contribution < 1.29 is 9.90 Å². The number of nitrogens with one attached hydrogen (secondary N) is 1. The Balaban J connectivity index is 2.74. The molecule has 0 radical (unpaired) electrons. The summed E-state index contributed by atoms with van der Waals surface area (Å²) in [5, 5.41) is 9.47. The third kappa shape index (κ3) is 2.00. The smallest absolute Gasteiger partial charge is 0.371 e. The van der Waals surface area contributed by atoms with Gasteiger partial charge in [-0.2, -0.15) is 0 Å². The third-order valence-electron chi connectivity index (χ3n) is 1.98. The summed E-state index contributed by atoms with van der Waals surface area (Å²) in [7, 11) is 0. The number of carbonyl (C=O) groups is 1. The van der Waals surface area contributed by atoms with Crippen molar-refractivity contribution in [2.24, 2.45) is 0 Å². The lowest BCUT2D eigenvalue weighted by molar-refractivity contribution is 0.0685. The Kier molecular flexibility index (Phi) is 2.96. The van der Waals surface area contributed by atoms with E-state index in [1.54, 1.807) is 0 Å². The van der Waals surface area contributed by atoms with E-state index in [4.69, 9.17) is 5.11 Å². The van der Waals surface area contributed by atoms with E-state index in [1.807, 2.05) is 12.1 Å². The number of aromatic carboxylic acids is 1. The average Bonchev–Trinajstić information content (AvgIpc) is 2.59. The highest BCUT2D eigenvalue weighted by Gasteiger charge is 2.12. The number of carboxylic acid groups (broad SMARTS) is 1. The summed E-state index contributed by atoms with van der Waals surface area (Å²) in [5.74, 6) is -1.06. The number of hydrogen-bond donors (Lipinski definition) is 2. The minimum absolute atomic E-state index is 0.0193. The molecule has 78 valence electrons. The molecule has 0 aliphatic carbocycles. The maximum atomic E-state index is 10.7. The molecule has 2 N–H and O–H groups in total. The van der Waals surface area contributed by atoms with E-state index >= 15 is 0 Å². The lowest BCUT2D eigenvalue weighted by Crippen LogP contribution is -1.97. The predicted molar refractivity (Wildman–Crippen MR) is 68.4 cm³/mol. The number of carboxylic acids is 1. The molecule has 2 aromatic rings. The summed E-state index contributed by atoms with van der Waals surface area (Å²) in [5.41, 5.74) is 2.46. The van der Waals surface area contributed by atoms with E-state index in [0.717, 1.165) is 14.7 Å². The molecule has 1 aromatic carbocycles. The molecule has 0 spiro atoms. The van der Waals surface area contributed by atoms with Crippen LogP contribution in [-0.2, 0) is 5.33 Å². The van der Waals surface area contributed by atoms with Crippen LogP contribution in [0, 0.1) is 3.57 Å². The standard InChI is InChI=1S/C9H6BrIN2O2/c10-3-4-1-5(11)2-6-7(4)13-8(12-6)9(14)15/h1-2H,3H2,(H,12,13)(H,14,15). The van der Waals surface area contributed by atoms with Gasteiger partial charge in [0.05, 0.1) is 11.0 Å². The van der Waals surface area contributed by atoms with Crippen LogP contribution in [0.3, 0.4) is 0 Å². The molecule has 15 heavy (non-hydrogen) atoms. The van der Waals surface area contributed by atoms with Gasteiger partial charge in [-0.15, -0.1) is 0 Å². The van der Waals surface area contributed by atoms with Gasteiger partial charge in [-0.25, -0.2) is 9.78 Å². The lowest BCUT2D eigenvalue weighted by Gasteiger charge is -1.97. The zero-order chi connectivity index (χ0) is 11.0. The molecular weight excluding hydrogens is 375 g/mol. The van der Waals surface area contributed by atoms with Crippen molar-refractivity contribution in [2.45, 2.75) is 5.33 Å². The predicted octanol–water partition coefficient (Wildman–Crippen LogP) is 2.76. The van der Waals surface area contributed by atoms with Gasteiger partial charge in [-0.05, 0) is 40.3 Å². The van der Waals surface area contributed by atoms with E-state index in [2.05, 4.69) is 48.5 Å². The Morgan fingerprint density at radius 2 is 2.33 bits per heavy atom. The Hall–Kier alpha value is -0.630. The SMILES string of the molecule is O=C(O)c1nc2c(CBr)cc(I)cc2[nH]1. The second-order valence-corrected chi connectivity index (χ2v) is 4.79. The van der Waals surface area contributed by atoms with Crippen molar-refractivity contribution in [3.63, 3.8) is 0 Å². The fourth-order valence-electron chi connectivity index (χ4n) is 1.35. The van der Waals surface area contributed by atoms with Crippen molar-refractivity contribution in [3.8, 4) is 0 Å². The molecular formula is C9H6BrIN2O2. The van der Waals surface area contributed by atoms with Gasteiger partial charge in [0.25, 0.3) is 0 Å². The molecule has 0 aliphatic heterocycles. The monoisotopic (exact) mass is 380 g/mol. The molecule has 0 aliphatic rings. The molecule has 0 bridgehead atoms. The number of H-pyrrole nitrogens is 1. The number of alkyl halides is 1. The van der Waals surface area contributed by atoms with Crippen LogP contribution in [-0.4, -0.2) is 21.0 Å². The summed E-state index contributed by atoms with van der Waals surface area (Å²) < 4.78 is 1.05. The van der Waals surface area contributed by atoms with Crippen LogP contribution in [0.25, 0.3) is 11.0 Å². The Bertz CT molecular complexity index is 538. The number of halogens is 2. The molecule has 0 fully saturated rings. The first-order chi connectivity index (χ1) is 7.11. The summed E-state index contributed by atoms with van der Waals surface area (Å²) in [6.07, 6.45) is 0. The first kappa shape index (κ1) is 10.9. The van der Waals surface area contributed by atoms with Gasteiger partial charge >= 0.3 is 5.97 Å². The number of imidazole rings is 1. The topological polar surface area (TPSA) is 66.0 Å². The van der Waals surface area contributed by atoms with E-state index < -0.39 is 5.97 Å². The molecule has 0 saturated heterocycles. The average molecular weight is 381 g/mol. The van der Waals surface area contributed by atoms with Crippen LogP contribution in [0.1, 0.15) is 16.2 Å². The number of rotatable bonds is 2. The van der Waals surface area contributed by atoms with Gasteiger partial charge in [0.1, 0.15) is 0 Å². The van der Waals surface area contributed by atoms with Crippen molar-refractivity contribution in [1.29, 1.82) is 0 Å². The highest BCUT2D eigenvalue weighted by molar-refractivity contribution is 14.1. The van der Waals surface area contributed by atoms with E-state index in [0.29, 0.717) is 10.8 Å². The van der Waals surface area contributed by atoms with E-state index in [1.165, 1.54) is 0 Å². The van der Waals surface area contributed by atoms with Crippen LogP contribution < -0.4 is 0 Å².